The summed E-state index contributed by atoms with van der Waals surface area (Å²) in [6.07, 6.45) is 2.20. The first-order chi connectivity index (χ1) is 8.70. The molecule has 1 aromatic rings. The van der Waals surface area contributed by atoms with E-state index in [0.29, 0.717) is 6.04 Å². The van der Waals surface area contributed by atoms with Crippen LogP contribution >= 0.6 is 23.4 Å². The van der Waals surface area contributed by atoms with E-state index in [1.165, 1.54) is 24.0 Å². The summed E-state index contributed by atoms with van der Waals surface area (Å²) >= 11 is 7.86. The molecule has 1 aliphatic rings. The molecule has 0 radical (unpaired) electrons. The maximum Gasteiger partial charge on any atom is 0.141 e. The van der Waals surface area contributed by atoms with Gasteiger partial charge in [-0.15, -0.1) is 0 Å². The monoisotopic (exact) mass is 287 g/mol. The molecule has 0 bridgehead atoms. The Morgan fingerprint density at radius 2 is 2.39 bits per heavy atom. The first-order valence-corrected chi connectivity index (χ1v) is 7.99. The van der Waals surface area contributed by atoms with Crippen molar-refractivity contribution in [1.29, 1.82) is 0 Å². The van der Waals surface area contributed by atoms with Crippen molar-refractivity contribution in [3.63, 3.8) is 0 Å². The summed E-state index contributed by atoms with van der Waals surface area (Å²) in [5.41, 5.74) is 1.12. The average Bonchev–Trinajstić information content (AvgIpc) is 2.87. The van der Waals surface area contributed by atoms with E-state index in [-0.39, 0.29) is 10.8 Å². The largest absolute Gasteiger partial charge is 0.314 e. The molecule has 1 fully saturated rings. The van der Waals surface area contributed by atoms with Gasteiger partial charge in [0.1, 0.15) is 5.82 Å². The number of nitrogens with one attached hydrogen (secondary N) is 1. The van der Waals surface area contributed by atoms with E-state index in [1.54, 1.807) is 6.07 Å². The Bertz CT molecular complexity index is 393. The fourth-order valence-corrected chi connectivity index (χ4v) is 4.00. The topological polar surface area (TPSA) is 12.0 Å². The highest BCUT2D eigenvalue weighted by Gasteiger charge is 2.24. The van der Waals surface area contributed by atoms with E-state index in [9.17, 15) is 4.39 Å². The third-order valence-electron chi connectivity index (χ3n) is 3.44. The quantitative estimate of drug-likeness (QED) is 0.885. The fraction of sp³-hybridized carbons (Fsp3) is 0.571. The molecule has 1 saturated heterocycles. The fourth-order valence-electron chi connectivity index (χ4n) is 2.46. The highest BCUT2D eigenvalue weighted by Crippen LogP contribution is 2.28. The van der Waals surface area contributed by atoms with Crippen molar-refractivity contribution in [3.8, 4) is 0 Å². The predicted molar refractivity (Wildman–Crippen MR) is 78.0 cm³/mol. The molecule has 1 aromatic carbocycles. The lowest BCUT2D eigenvalue weighted by molar-refractivity contribution is 0.387. The van der Waals surface area contributed by atoms with Gasteiger partial charge < -0.3 is 5.32 Å². The van der Waals surface area contributed by atoms with Crippen LogP contribution < -0.4 is 5.32 Å². The molecule has 1 heterocycles. The van der Waals surface area contributed by atoms with Crippen molar-refractivity contribution in [2.75, 3.05) is 18.1 Å². The van der Waals surface area contributed by atoms with Gasteiger partial charge in [-0.2, -0.15) is 11.8 Å². The van der Waals surface area contributed by atoms with Crippen molar-refractivity contribution < 1.29 is 4.39 Å². The molecule has 1 nitrogen and oxygen atoms in total. The van der Waals surface area contributed by atoms with E-state index in [4.69, 9.17) is 11.6 Å². The van der Waals surface area contributed by atoms with Crippen molar-refractivity contribution in [2.24, 2.45) is 5.92 Å². The molecular weight excluding hydrogens is 269 g/mol. The van der Waals surface area contributed by atoms with E-state index >= 15 is 0 Å². The van der Waals surface area contributed by atoms with Gasteiger partial charge in [0.25, 0.3) is 0 Å². The van der Waals surface area contributed by atoms with Gasteiger partial charge in [0, 0.05) is 6.04 Å². The summed E-state index contributed by atoms with van der Waals surface area (Å²) in [5.74, 6) is 2.87. The zero-order chi connectivity index (χ0) is 13.0. The second kappa shape index (κ2) is 6.78. The summed E-state index contributed by atoms with van der Waals surface area (Å²) in [5, 5.41) is 3.78. The zero-order valence-electron chi connectivity index (χ0n) is 10.6. The van der Waals surface area contributed by atoms with Crippen LogP contribution in [0.15, 0.2) is 18.2 Å². The Labute approximate surface area is 117 Å². The number of rotatable bonds is 5. The van der Waals surface area contributed by atoms with Gasteiger partial charge in [0.05, 0.1) is 5.02 Å². The number of benzene rings is 1. The maximum atomic E-state index is 13.1. The third kappa shape index (κ3) is 3.62. The standard InChI is InChI=1S/C14H19ClFNS/c1-2-17-14(11-5-6-18-9-11)8-10-3-4-13(16)12(15)7-10/h3-4,7,11,14,17H,2,5-6,8-9H2,1H3. The minimum atomic E-state index is -0.336. The molecule has 0 amide bonds. The van der Waals surface area contributed by atoms with Crippen LogP contribution in [0.25, 0.3) is 0 Å². The van der Waals surface area contributed by atoms with Gasteiger partial charge in [-0.25, -0.2) is 4.39 Å². The molecule has 0 spiro atoms. The first kappa shape index (κ1) is 14.2. The molecule has 100 valence electrons. The molecule has 18 heavy (non-hydrogen) atoms. The maximum absolute atomic E-state index is 13.1. The Balaban J connectivity index is 2.04. The van der Waals surface area contributed by atoms with Crippen LogP contribution in [0.2, 0.25) is 5.02 Å². The Hall–Kier alpha value is -0.250. The summed E-state index contributed by atoms with van der Waals surface area (Å²) in [6.45, 7) is 3.10. The molecule has 0 saturated carbocycles. The van der Waals surface area contributed by atoms with Gasteiger partial charge in [0.2, 0.25) is 0 Å². The second-order valence-electron chi connectivity index (χ2n) is 4.74. The van der Waals surface area contributed by atoms with Crippen molar-refractivity contribution in [2.45, 2.75) is 25.8 Å². The molecular formula is C14H19ClFNS. The first-order valence-electron chi connectivity index (χ1n) is 6.45. The minimum Gasteiger partial charge on any atom is -0.314 e. The average molecular weight is 288 g/mol. The molecule has 0 aromatic heterocycles. The number of halogens is 2. The van der Waals surface area contributed by atoms with E-state index in [2.05, 4.69) is 12.2 Å². The predicted octanol–water partition coefficient (Wildman–Crippen LogP) is 3.75. The van der Waals surface area contributed by atoms with Crippen LogP contribution in [0.3, 0.4) is 0 Å². The van der Waals surface area contributed by atoms with Crippen molar-refractivity contribution >= 4 is 23.4 Å². The highest BCUT2D eigenvalue weighted by atomic mass is 35.5. The van der Waals surface area contributed by atoms with Crippen LogP contribution in [0.4, 0.5) is 4.39 Å². The lowest BCUT2D eigenvalue weighted by atomic mass is 9.93. The number of hydrogen-bond acceptors (Lipinski definition) is 2. The normalized spacial score (nSPS) is 21.2. The highest BCUT2D eigenvalue weighted by molar-refractivity contribution is 7.99. The second-order valence-corrected chi connectivity index (χ2v) is 6.30. The molecule has 0 aliphatic carbocycles. The Morgan fingerprint density at radius 1 is 1.56 bits per heavy atom. The molecule has 2 unspecified atom stereocenters. The minimum absolute atomic E-state index is 0.226. The summed E-state index contributed by atoms with van der Waals surface area (Å²) < 4.78 is 13.1. The van der Waals surface area contributed by atoms with Gasteiger partial charge in [0.15, 0.2) is 0 Å². The Morgan fingerprint density at radius 3 is 3.00 bits per heavy atom. The van der Waals surface area contributed by atoms with Crippen LogP contribution in [-0.4, -0.2) is 24.1 Å². The summed E-state index contributed by atoms with van der Waals surface area (Å²) in [7, 11) is 0. The van der Waals surface area contributed by atoms with Gasteiger partial charge in [-0.3, -0.25) is 0 Å². The zero-order valence-corrected chi connectivity index (χ0v) is 12.2. The van der Waals surface area contributed by atoms with E-state index in [1.807, 2.05) is 17.8 Å². The van der Waals surface area contributed by atoms with Gasteiger partial charge in [-0.05, 0) is 54.5 Å². The van der Waals surface area contributed by atoms with Crippen molar-refractivity contribution in [1.82, 2.24) is 5.32 Å². The lowest BCUT2D eigenvalue weighted by Gasteiger charge is -2.24. The molecule has 1 aliphatic heterocycles. The van der Waals surface area contributed by atoms with Gasteiger partial charge in [-0.1, -0.05) is 24.6 Å². The smallest absolute Gasteiger partial charge is 0.141 e. The van der Waals surface area contributed by atoms with Crippen LogP contribution in [0.1, 0.15) is 18.9 Å². The van der Waals surface area contributed by atoms with Crippen LogP contribution in [0.5, 0.6) is 0 Å². The summed E-state index contributed by atoms with van der Waals surface area (Å²) in [6, 6.07) is 5.53. The van der Waals surface area contributed by atoms with Gasteiger partial charge >= 0.3 is 0 Å². The van der Waals surface area contributed by atoms with E-state index < -0.39 is 0 Å². The van der Waals surface area contributed by atoms with E-state index in [0.717, 1.165) is 24.4 Å². The molecule has 1 N–H and O–H groups in total. The molecule has 4 heteroatoms. The number of likely N-dealkylation sites (N-methyl/N-ethyl adjacent to an activating group) is 1. The Kier molecular flexibility index (Phi) is 5.34. The molecule has 2 rings (SSSR count). The van der Waals surface area contributed by atoms with Crippen LogP contribution in [-0.2, 0) is 6.42 Å². The van der Waals surface area contributed by atoms with Crippen molar-refractivity contribution in [3.05, 3.63) is 34.6 Å². The number of hydrogen-bond donors (Lipinski definition) is 1. The lowest BCUT2D eigenvalue weighted by Crippen LogP contribution is -2.38. The summed E-state index contributed by atoms with van der Waals surface area (Å²) in [4.78, 5) is 0. The third-order valence-corrected chi connectivity index (χ3v) is 4.92. The SMILES string of the molecule is CCNC(Cc1ccc(F)c(Cl)c1)C1CCSC1. The molecule has 2 atom stereocenters. The number of thioether (sulfide) groups is 1. The van der Waals surface area contributed by atoms with Crippen LogP contribution in [0, 0.1) is 11.7 Å².